The maximum atomic E-state index is 5.24. The van der Waals surface area contributed by atoms with E-state index in [1.807, 2.05) is 24.4 Å². The smallest absolute Gasteiger partial charge is 0.118 e. The molecule has 110 valence electrons. The fraction of sp³-hybridized carbons (Fsp3) is 0.389. The van der Waals surface area contributed by atoms with E-state index in [1.54, 1.807) is 7.11 Å². The van der Waals surface area contributed by atoms with E-state index in [9.17, 15) is 0 Å². The summed E-state index contributed by atoms with van der Waals surface area (Å²) in [6, 6.07) is 12.9. The third-order valence-electron chi connectivity index (χ3n) is 4.18. The standard InChI is InChI=1S/C18H22N2O/c1-13-4-3-11-19-17(13)12-20-18(14-5-6-14)15-7-9-16(21-2)10-8-15/h3-4,7-11,14,18,20H,5-6,12H2,1-2H3. The molecular formula is C18H22N2O. The Balaban J connectivity index is 1.71. The van der Waals surface area contributed by atoms with E-state index in [2.05, 4.69) is 35.4 Å². The molecule has 1 fully saturated rings. The molecule has 1 aromatic heterocycles. The Bertz CT molecular complexity index is 590. The van der Waals surface area contributed by atoms with Crippen molar-refractivity contribution >= 4 is 0 Å². The van der Waals surface area contributed by atoms with Crippen molar-refractivity contribution in [2.45, 2.75) is 32.4 Å². The van der Waals surface area contributed by atoms with Crippen molar-refractivity contribution in [2.24, 2.45) is 5.92 Å². The first kappa shape index (κ1) is 14.1. The number of nitrogens with one attached hydrogen (secondary N) is 1. The number of rotatable bonds is 6. The van der Waals surface area contributed by atoms with Gasteiger partial charge in [0.05, 0.1) is 12.8 Å². The number of methoxy groups -OCH3 is 1. The largest absolute Gasteiger partial charge is 0.497 e. The highest BCUT2D eigenvalue weighted by atomic mass is 16.5. The second kappa shape index (κ2) is 6.27. The first-order valence-electron chi connectivity index (χ1n) is 7.56. The summed E-state index contributed by atoms with van der Waals surface area (Å²) in [7, 11) is 1.70. The molecule has 1 aromatic carbocycles. The molecule has 1 N–H and O–H groups in total. The van der Waals surface area contributed by atoms with Crippen LogP contribution in [0.3, 0.4) is 0 Å². The van der Waals surface area contributed by atoms with Crippen LogP contribution in [0.5, 0.6) is 5.75 Å². The molecule has 1 unspecified atom stereocenters. The van der Waals surface area contributed by atoms with Crippen molar-refractivity contribution in [1.29, 1.82) is 0 Å². The Morgan fingerprint density at radius 3 is 2.62 bits per heavy atom. The predicted molar refractivity (Wildman–Crippen MR) is 84.3 cm³/mol. The molecule has 0 radical (unpaired) electrons. The monoisotopic (exact) mass is 282 g/mol. The first-order valence-corrected chi connectivity index (χ1v) is 7.56. The first-order chi connectivity index (χ1) is 10.3. The van der Waals surface area contributed by atoms with E-state index in [1.165, 1.54) is 24.0 Å². The number of pyridine rings is 1. The highest BCUT2D eigenvalue weighted by Gasteiger charge is 2.32. The molecule has 1 aliphatic carbocycles. The number of aromatic nitrogens is 1. The van der Waals surface area contributed by atoms with Gasteiger partial charge in [0.15, 0.2) is 0 Å². The molecule has 3 heteroatoms. The molecule has 3 nitrogen and oxygen atoms in total. The zero-order valence-electron chi connectivity index (χ0n) is 12.7. The van der Waals surface area contributed by atoms with Gasteiger partial charge in [0.1, 0.15) is 5.75 Å². The molecule has 0 saturated heterocycles. The summed E-state index contributed by atoms with van der Waals surface area (Å²) in [4.78, 5) is 4.47. The van der Waals surface area contributed by atoms with Crippen molar-refractivity contribution in [3.05, 3.63) is 59.4 Å². The van der Waals surface area contributed by atoms with Crippen LogP contribution in [0.4, 0.5) is 0 Å². The topological polar surface area (TPSA) is 34.1 Å². The van der Waals surface area contributed by atoms with Crippen LogP contribution in [0.2, 0.25) is 0 Å². The van der Waals surface area contributed by atoms with E-state index >= 15 is 0 Å². The number of ether oxygens (including phenoxy) is 1. The van der Waals surface area contributed by atoms with Crippen LogP contribution in [-0.2, 0) is 6.54 Å². The van der Waals surface area contributed by atoms with Gasteiger partial charge in [-0.05, 0) is 55.0 Å². The van der Waals surface area contributed by atoms with Crippen LogP contribution in [0.15, 0.2) is 42.6 Å². The van der Waals surface area contributed by atoms with Crippen LogP contribution < -0.4 is 10.1 Å². The molecule has 0 bridgehead atoms. The summed E-state index contributed by atoms with van der Waals surface area (Å²) in [5.41, 5.74) is 3.72. The molecule has 3 rings (SSSR count). The number of aryl methyl sites for hydroxylation is 1. The molecule has 2 aromatic rings. The highest BCUT2D eigenvalue weighted by molar-refractivity contribution is 5.30. The van der Waals surface area contributed by atoms with Gasteiger partial charge in [0.25, 0.3) is 0 Å². The molecule has 1 aliphatic rings. The maximum absolute atomic E-state index is 5.24. The zero-order valence-corrected chi connectivity index (χ0v) is 12.7. The summed E-state index contributed by atoms with van der Waals surface area (Å²) in [6.45, 7) is 2.93. The minimum Gasteiger partial charge on any atom is -0.497 e. The van der Waals surface area contributed by atoms with Crippen molar-refractivity contribution in [1.82, 2.24) is 10.3 Å². The Labute approximate surface area is 126 Å². The average Bonchev–Trinajstić information content (AvgIpc) is 3.35. The second-order valence-electron chi connectivity index (χ2n) is 5.74. The molecule has 0 amide bonds. The van der Waals surface area contributed by atoms with Gasteiger partial charge in [-0.25, -0.2) is 0 Å². The lowest BCUT2D eigenvalue weighted by Gasteiger charge is -2.19. The molecule has 21 heavy (non-hydrogen) atoms. The lowest BCUT2D eigenvalue weighted by Crippen LogP contribution is -2.23. The fourth-order valence-electron chi connectivity index (χ4n) is 2.71. The number of hydrogen-bond acceptors (Lipinski definition) is 3. The molecule has 1 heterocycles. The molecule has 0 spiro atoms. The van der Waals surface area contributed by atoms with Gasteiger partial charge in [-0.1, -0.05) is 18.2 Å². The van der Waals surface area contributed by atoms with Crippen LogP contribution in [0, 0.1) is 12.8 Å². The average molecular weight is 282 g/mol. The Morgan fingerprint density at radius 1 is 1.24 bits per heavy atom. The number of hydrogen-bond donors (Lipinski definition) is 1. The van der Waals surface area contributed by atoms with Gasteiger partial charge < -0.3 is 10.1 Å². The number of benzene rings is 1. The predicted octanol–water partition coefficient (Wildman–Crippen LogP) is 3.64. The summed E-state index contributed by atoms with van der Waals surface area (Å²) < 4.78 is 5.24. The summed E-state index contributed by atoms with van der Waals surface area (Å²) in [5.74, 6) is 1.66. The minimum absolute atomic E-state index is 0.414. The van der Waals surface area contributed by atoms with E-state index in [-0.39, 0.29) is 0 Å². The Hall–Kier alpha value is -1.87. The molecular weight excluding hydrogens is 260 g/mol. The summed E-state index contributed by atoms with van der Waals surface area (Å²) >= 11 is 0. The molecule has 1 atom stereocenters. The van der Waals surface area contributed by atoms with Gasteiger partial charge in [-0.3, -0.25) is 4.98 Å². The lowest BCUT2D eigenvalue weighted by molar-refractivity contribution is 0.413. The van der Waals surface area contributed by atoms with E-state index in [0.717, 1.165) is 23.9 Å². The van der Waals surface area contributed by atoms with Gasteiger partial charge >= 0.3 is 0 Å². The third-order valence-corrected chi connectivity index (χ3v) is 4.18. The minimum atomic E-state index is 0.414. The normalized spacial score (nSPS) is 15.7. The van der Waals surface area contributed by atoms with Gasteiger partial charge in [-0.15, -0.1) is 0 Å². The Kier molecular flexibility index (Phi) is 4.20. The zero-order chi connectivity index (χ0) is 14.7. The fourth-order valence-corrected chi connectivity index (χ4v) is 2.71. The van der Waals surface area contributed by atoms with Crippen LogP contribution in [0.1, 0.15) is 35.7 Å². The molecule has 0 aliphatic heterocycles. The van der Waals surface area contributed by atoms with Crippen molar-refractivity contribution in [2.75, 3.05) is 7.11 Å². The summed E-state index contributed by atoms with van der Waals surface area (Å²) in [5, 5.41) is 3.69. The quantitative estimate of drug-likeness (QED) is 0.878. The molecule has 1 saturated carbocycles. The van der Waals surface area contributed by atoms with Crippen LogP contribution in [-0.4, -0.2) is 12.1 Å². The van der Waals surface area contributed by atoms with Crippen molar-refractivity contribution in [3.63, 3.8) is 0 Å². The van der Waals surface area contributed by atoms with Gasteiger partial charge in [-0.2, -0.15) is 0 Å². The van der Waals surface area contributed by atoms with Gasteiger partial charge in [0, 0.05) is 18.8 Å². The van der Waals surface area contributed by atoms with E-state index < -0.39 is 0 Å². The number of nitrogens with zero attached hydrogens (tertiary/aromatic N) is 1. The third kappa shape index (κ3) is 3.42. The Morgan fingerprint density at radius 2 is 2.00 bits per heavy atom. The van der Waals surface area contributed by atoms with Crippen molar-refractivity contribution in [3.8, 4) is 5.75 Å². The van der Waals surface area contributed by atoms with E-state index in [0.29, 0.717) is 6.04 Å². The summed E-state index contributed by atoms with van der Waals surface area (Å²) in [6.07, 6.45) is 4.49. The second-order valence-corrected chi connectivity index (χ2v) is 5.74. The van der Waals surface area contributed by atoms with Crippen LogP contribution >= 0.6 is 0 Å². The highest BCUT2D eigenvalue weighted by Crippen LogP contribution is 2.41. The van der Waals surface area contributed by atoms with E-state index in [4.69, 9.17) is 4.74 Å². The SMILES string of the molecule is COc1ccc(C(NCc2ncccc2C)C2CC2)cc1. The lowest BCUT2D eigenvalue weighted by atomic mass is 10.0. The van der Waals surface area contributed by atoms with Crippen molar-refractivity contribution < 1.29 is 4.74 Å². The maximum Gasteiger partial charge on any atom is 0.118 e. The van der Waals surface area contributed by atoms with Gasteiger partial charge in [0.2, 0.25) is 0 Å². The van der Waals surface area contributed by atoms with Crippen LogP contribution in [0.25, 0.3) is 0 Å².